The molecule has 1 aliphatic rings. The van der Waals surface area contributed by atoms with Gasteiger partial charge in [0.1, 0.15) is 5.75 Å². The summed E-state index contributed by atoms with van der Waals surface area (Å²) >= 11 is 1.60. The average Bonchev–Trinajstić information content (AvgIpc) is 2.95. The van der Waals surface area contributed by atoms with Crippen molar-refractivity contribution in [3.8, 4) is 5.75 Å². The van der Waals surface area contributed by atoms with Gasteiger partial charge in [-0.3, -0.25) is 4.79 Å². The Bertz CT molecular complexity index is 450. The summed E-state index contributed by atoms with van der Waals surface area (Å²) < 4.78 is 5.42. The molecule has 1 N–H and O–H groups in total. The van der Waals surface area contributed by atoms with Crippen LogP contribution in [0.5, 0.6) is 5.75 Å². The highest BCUT2D eigenvalue weighted by Crippen LogP contribution is 2.24. The Morgan fingerprint density at radius 3 is 2.86 bits per heavy atom. The van der Waals surface area contributed by atoms with Crippen LogP contribution in [0.2, 0.25) is 0 Å². The van der Waals surface area contributed by atoms with E-state index in [4.69, 9.17) is 4.74 Å². The first-order chi connectivity index (χ1) is 10.2. The number of thioether (sulfide) groups is 1. The maximum absolute atomic E-state index is 12.3. The molecule has 1 heterocycles. The van der Waals surface area contributed by atoms with Crippen molar-refractivity contribution in [3.63, 3.8) is 0 Å². The van der Waals surface area contributed by atoms with Gasteiger partial charge in [0.15, 0.2) is 0 Å². The molecule has 2 rings (SSSR count). The Balaban J connectivity index is 1.83. The molecule has 0 spiro atoms. The van der Waals surface area contributed by atoms with E-state index in [1.165, 1.54) is 0 Å². The molecular weight excluding hydrogens is 284 g/mol. The third-order valence-corrected chi connectivity index (χ3v) is 4.63. The molecule has 0 aromatic heterocycles. The minimum Gasteiger partial charge on any atom is -0.494 e. The molecule has 0 saturated carbocycles. The number of benzene rings is 1. The van der Waals surface area contributed by atoms with Crippen molar-refractivity contribution in [2.45, 2.75) is 30.7 Å². The van der Waals surface area contributed by atoms with Crippen LogP contribution >= 0.6 is 11.8 Å². The minimum atomic E-state index is 0.242. The van der Waals surface area contributed by atoms with E-state index < -0.39 is 0 Å². The lowest BCUT2D eigenvalue weighted by Gasteiger charge is -2.24. The molecule has 1 amide bonds. The summed E-state index contributed by atoms with van der Waals surface area (Å²) in [6.07, 6.45) is 2.23. The van der Waals surface area contributed by atoms with Gasteiger partial charge in [-0.25, -0.2) is 0 Å². The van der Waals surface area contributed by atoms with Gasteiger partial charge in [-0.05, 0) is 51.1 Å². The molecule has 116 valence electrons. The van der Waals surface area contributed by atoms with E-state index in [-0.39, 0.29) is 5.91 Å². The fourth-order valence-corrected chi connectivity index (χ4v) is 3.42. The first-order valence-electron chi connectivity index (χ1n) is 7.54. The molecule has 0 aliphatic carbocycles. The molecular formula is C16H24N2O2S. The predicted molar refractivity (Wildman–Crippen MR) is 87.0 cm³/mol. The van der Waals surface area contributed by atoms with Crippen molar-refractivity contribution < 1.29 is 9.53 Å². The van der Waals surface area contributed by atoms with Crippen LogP contribution in [0, 0.1) is 0 Å². The van der Waals surface area contributed by atoms with E-state index >= 15 is 0 Å². The molecule has 1 unspecified atom stereocenters. The van der Waals surface area contributed by atoms with Crippen LogP contribution in [0.1, 0.15) is 19.8 Å². The summed E-state index contributed by atoms with van der Waals surface area (Å²) in [7, 11) is 1.94. The first-order valence-corrected chi connectivity index (χ1v) is 8.53. The van der Waals surface area contributed by atoms with Gasteiger partial charge in [0.2, 0.25) is 5.91 Å². The molecule has 21 heavy (non-hydrogen) atoms. The van der Waals surface area contributed by atoms with Crippen LogP contribution in [0.4, 0.5) is 0 Å². The number of likely N-dealkylation sites (N-methyl/N-ethyl adjacent to an activating group) is 1. The summed E-state index contributed by atoms with van der Waals surface area (Å²) in [4.78, 5) is 15.5. The third kappa shape index (κ3) is 4.64. The van der Waals surface area contributed by atoms with Crippen molar-refractivity contribution in [1.29, 1.82) is 0 Å². The SMILES string of the molecule is CCOc1ccc(SCC(=O)N2CCCC2CNC)cc1. The van der Waals surface area contributed by atoms with E-state index in [1.807, 2.05) is 43.1 Å². The third-order valence-electron chi connectivity index (χ3n) is 3.63. The summed E-state index contributed by atoms with van der Waals surface area (Å²) in [5.41, 5.74) is 0. The monoisotopic (exact) mass is 308 g/mol. The van der Waals surface area contributed by atoms with Crippen molar-refractivity contribution in [2.75, 3.05) is 32.5 Å². The number of amides is 1. The number of hydrogen-bond acceptors (Lipinski definition) is 4. The summed E-state index contributed by atoms with van der Waals surface area (Å²) in [6, 6.07) is 8.30. The van der Waals surface area contributed by atoms with Crippen LogP contribution in [0.25, 0.3) is 0 Å². The maximum atomic E-state index is 12.3. The highest BCUT2D eigenvalue weighted by atomic mass is 32.2. The Labute approximate surface area is 131 Å². The number of rotatable bonds is 7. The predicted octanol–water partition coefficient (Wildman–Crippen LogP) is 2.39. The number of carbonyl (C=O) groups is 1. The van der Waals surface area contributed by atoms with Crippen LogP contribution < -0.4 is 10.1 Å². The molecule has 1 fully saturated rings. The average molecular weight is 308 g/mol. The normalized spacial score (nSPS) is 18.0. The Morgan fingerprint density at radius 1 is 1.43 bits per heavy atom. The zero-order chi connectivity index (χ0) is 15.1. The van der Waals surface area contributed by atoms with Gasteiger partial charge in [-0.15, -0.1) is 11.8 Å². The molecule has 1 saturated heterocycles. The summed E-state index contributed by atoms with van der Waals surface area (Å²) in [6.45, 7) is 4.43. The van der Waals surface area contributed by atoms with Crippen LogP contribution in [0.15, 0.2) is 29.2 Å². The lowest BCUT2D eigenvalue weighted by Crippen LogP contribution is -2.41. The topological polar surface area (TPSA) is 41.6 Å². The van der Waals surface area contributed by atoms with Crippen molar-refractivity contribution in [2.24, 2.45) is 0 Å². The standard InChI is InChI=1S/C16H24N2O2S/c1-3-20-14-6-8-15(9-7-14)21-12-16(19)18-10-4-5-13(18)11-17-2/h6-9,13,17H,3-5,10-12H2,1-2H3. The van der Waals surface area contributed by atoms with Crippen LogP contribution in [0.3, 0.4) is 0 Å². The van der Waals surface area contributed by atoms with E-state index in [0.717, 1.165) is 36.6 Å². The Hall–Kier alpha value is -1.20. The van der Waals surface area contributed by atoms with E-state index in [2.05, 4.69) is 5.32 Å². The Kier molecular flexibility index (Phi) is 6.39. The first kappa shape index (κ1) is 16.2. The van der Waals surface area contributed by atoms with Crippen molar-refractivity contribution in [1.82, 2.24) is 10.2 Å². The van der Waals surface area contributed by atoms with Crippen molar-refractivity contribution >= 4 is 17.7 Å². The fraction of sp³-hybridized carbons (Fsp3) is 0.562. The molecule has 1 aromatic carbocycles. The number of likely N-dealkylation sites (tertiary alicyclic amines) is 1. The lowest BCUT2D eigenvalue weighted by atomic mass is 10.2. The van der Waals surface area contributed by atoms with Crippen molar-refractivity contribution in [3.05, 3.63) is 24.3 Å². The molecule has 4 nitrogen and oxygen atoms in total. The molecule has 5 heteroatoms. The second-order valence-electron chi connectivity index (χ2n) is 5.13. The fourth-order valence-electron chi connectivity index (χ4n) is 2.64. The quantitative estimate of drug-likeness (QED) is 0.785. The maximum Gasteiger partial charge on any atom is 0.233 e. The van der Waals surface area contributed by atoms with Gasteiger partial charge in [-0.2, -0.15) is 0 Å². The van der Waals surface area contributed by atoms with Crippen LogP contribution in [-0.2, 0) is 4.79 Å². The van der Waals surface area contributed by atoms with E-state index in [9.17, 15) is 4.79 Å². The smallest absolute Gasteiger partial charge is 0.233 e. The molecule has 1 atom stereocenters. The van der Waals surface area contributed by atoms with Gasteiger partial charge in [0.25, 0.3) is 0 Å². The summed E-state index contributed by atoms with van der Waals surface area (Å²) in [5, 5.41) is 3.17. The lowest BCUT2D eigenvalue weighted by molar-refractivity contribution is -0.129. The molecule has 1 aliphatic heterocycles. The Morgan fingerprint density at radius 2 is 2.19 bits per heavy atom. The number of hydrogen-bond donors (Lipinski definition) is 1. The van der Waals surface area contributed by atoms with Gasteiger partial charge in [-0.1, -0.05) is 0 Å². The number of ether oxygens (including phenoxy) is 1. The molecule has 1 aromatic rings. The zero-order valence-electron chi connectivity index (χ0n) is 12.8. The minimum absolute atomic E-state index is 0.242. The molecule has 0 bridgehead atoms. The van der Waals surface area contributed by atoms with Gasteiger partial charge in [0, 0.05) is 24.0 Å². The van der Waals surface area contributed by atoms with E-state index in [1.54, 1.807) is 11.8 Å². The molecule has 0 radical (unpaired) electrons. The second kappa shape index (κ2) is 8.29. The summed E-state index contributed by atoms with van der Waals surface area (Å²) in [5.74, 6) is 1.63. The van der Waals surface area contributed by atoms with E-state index in [0.29, 0.717) is 18.4 Å². The number of nitrogens with one attached hydrogen (secondary N) is 1. The van der Waals surface area contributed by atoms with Gasteiger partial charge >= 0.3 is 0 Å². The highest BCUT2D eigenvalue weighted by Gasteiger charge is 2.27. The second-order valence-corrected chi connectivity index (χ2v) is 6.18. The van der Waals surface area contributed by atoms with Crippen LogP contribution in [-0.4, -0.2) is 49.3 Å². The highest BCUT2D eigenvalue weighted by molar-refractivity contribution is 8.00. The van der Waals surface area contributed by atoms with Gasteiger partial charge in [0.05, 0.1) is 12.4 Å². The number of carbonyl (C=O) groups excluding carboxylic acids is 1. The van der Waals surface area contributed by atoms with Gasteiger partial charge < -0.3 is 15.0 Å². The largest absolute Gasteiger partial charge is 0.494 e. The zero-order valence-corrected chi connectivity index (χ0v) is 13.6. The number of nitrogens with zero attached hydrogens (tertiary/aromatic N) is 1.